The van der Waals surface area contributed by atoms with Crippen molar-refractivity contribution >= 4 is 11.8 Å². The number of fused-ring (bicyclic) bond motifs is 2. The second kappa shape index (κ2) is 4.09. The zero-order chi connectivity index (χ0) is 11.8. The van der Waals surface area contributed by atoms with E-state index in [0.717, 1.165) is 26.9 Å². The van der Waals surface area contributed by atoms with E-state index >= 15 is 0 Å². The summed E-state index contributed by atoms with van der Waals surface area (Å²) in [5.41, 5.74) is 7.03. The van der Waals surface area contributed by atoms with Crippen molar-refractivity contribution in [3.8, 4) is 11.5 Å². The minimum absolute atomic E-state index is 0.0538. The largest absolute Gasteiger partial charge is 0.455 e. The molecule has 1 unspecified atom stereocenters. The van der Waals surface area contributed by atoms with Gasteiger partial charge < -0.3 is 10.5 Å². The van der Waals surface area contributed by atoms with Crippen LogP contribution in [0.4, 0.5) is 0 Å². The molecule has 86 valence electrons. The summed E-state index contributed by atoms with van der Waals surface area (Å²) in [5.74, 6) is 1.84. The van der Waals surface area contributed by atoms with E-state index in [1.54, 1.807) is 11.8 Å². The van der Waals surface area contributed by atoms with Crippen molar-refractivity contribution in [2.45, 2.75) is 22.8 Å². The molecule has 0 aliphatic carbocycles. The number of benzene rings is 2. The molecule has 1 aliphatic heterocycles. The molecule has 0 aromatic heterocycles. The Kier molecular flexibility index (Phi) is 2.57. The number of para-hydroxylation sites is 1. The highest BCUT2D eigenvalue weighted by Gasteiger charge is 2.17. The monoisotopic (exact) mass is 243 g/mol. The molecule has 0 spiro atoms. The van der Waals surface area contributed by atoms with Gasteiger partial charge in [-0.1, -0.05) is 30.0 Å². The van der Waals surface area contributed by atoms with Gasteiger partial charge in [-0.05, 0) is 36.8 Å². The van der Waals surface area contributed by atoms with Crippen molar-refractivity contribution in [2.24, 2.45) is 5.73 Å². The molecular formula is C14H13NOS. The van der Waals surface area contributed by atoms with Crippen LogP contribution in [0.3, 0.4) is 0 Å². The summed E-state index contributed by atoms with van der Waals surface area (Å²) in [6, 6.07) is 14.3. The zero-order valence-corrected chi connectivity index (χ0v) is 10.3. The van der Waals surface area contributed by atoms with Gasteiger partial charge in [0.2, 0.25) is 0 Å². The maximum absolute atomic E-state index is 5.89. The Labute approximate surface area is 105 Å². The van der Waals surface area contributed by atoms with Crippen molar-refractivity contribution in [3.05, 3.63) is 48.0 Å². The number of rotatable bonds is 1. The normalized spacial score (nSPS) is 14.5. The van der Waals surface area contributed by atoms with E-state index in [4.69, 9.17) is 10.5 Å². The Balaban J connectivity index is 2.03. The van der Waals surface area contributed by atoms with Gasteiger partial charge in [0, 0.05) is 6.04 Å². The van der Waals surface area contributed by atoms with Crippen LogP contribution in [0.5, 0.6) is 11.5 Å². The van der Waals surface area contributed by atoms with Crippen LogP contribution < -0.4 is 10.5 Å². The Morgan fingerprint density at radius 2 is 1.82 bits per heavy atom. The molecule has 1 aliphatic rings. The molecule has 0 saturated heterocycles. The fourth-order valence-corrected chi connectivity index (χ4v) is 2.83. The maximum atomic E-state index is 5.89. The van der Waals surface area contributed by atoms with Gasteiger partial charge in [0.05, 0.1) is 9.79 Å². The molecule has 3 rings (SSSR count). The summed E-state index contributed by atoms with van der Waals surface area (Å²) < 4.78 is 5.85. The molecule has 0 radical (unpaired) electrons. The van der Waals surface area contributed by atoms with Crippen LogP contribution in [0.25, 0.3) is 0 Å². The summed E-state index contributed by atoms with van der Waals surface area (Å²) in [4.78, 5) is 2.29. The number of ether oxygens (including phenoxy) is 1. The first kappa shape index (κ1) is 10.7. The second-order valence-electron chi connectivity index (χ2n) is 4.15. The van der Waals surface area contributed by atoms with Gasteiger partial charge in [-0.3, -0.25) is 0 Å². The summed E-state index contributed by atoms with van der Waals surface area (Å²) in [7, 11) is 0. The molecule has 17 heavy (non-hydrogen) atoms. The highest BCUT2D eigenvalue weighted by atomic mass is 32.2. The fourth-order valence-electron chi connectivity index (χ4n) is 1.83. The molecule has 2 N–H and O–H groups in total. The van der Waals surface area contributed by atoms with E-state index in [-0.39, 0.29) is 6.04 Å². The summed E-state index contributed by atoms with van der Waals surface area (Å²) in [6.07, 6.45) is 0. The number of hydrogen-bond acceptors (Lipinski definition) is 3. The lowest BCUT2D eigenvalue weighted by atomic mass is 10.1. The van der Waals surface area contributed by atoms with Gasteiger partial charge in [-0.15, -0.1) is 0 Å². The van der Waals surface area contributed by atoms with Crippen LogP contribution in [0.2, 0.25) is 0 Å². The molecule has 1 atom stereocenters. The first-order valence-corrected chi connectivity index (χ1v) is 6.40. The topological polar surface area (TPSA) is 35.2 Å². The van der Waals surface area contributed by atoms with E-state index in [1.807, 2.05) is 37.3 Å². The molecule has 0 amide bonds. The SMILES string of the molecule is CC(N)c1ccc2c(c1)Sc1ccccc1O2. The molecule has 0 fully saturated rings. The molecule has 2 aromatic rings. The quantitative estimate of drug-likeness (QED) is 0.702. The van der Waals surface area contributed by atoms with Crippen LogP contribution >= 0.6 is 11.8 Å². The maximum Gasteiger partial charge on any atom is 0.141 e. The predicted octanol–water partition coefficient (Wildman–Crippen LogP) is 3.96. The van der Waals surface area contributed by atoms with Gasteiger partial charge in [0.25, 0.3) is 0 Å². The molecule has 1 heterocycles. The molecule has 3 heteroatoms. The van der Waals surface area contributed by atoms with Crippen molar-refractivity contribution in [3.63, 3.8) is 0 Å². The van der Waals surface area contributed by atoms with E-state index in [0.29, 0.717) is 0 Å². The van der Waals surface area contributed by atoms with Crippen LogP contribution in [0.1, 0.15) is 18.5 Å². The van der Waals surface area contributed by atoms with E-state index in [9.17, 15) is 0 Å². The first-order chi connectivity index (χ1) is 8.24. The lowest BCUT2D eigenvalue weighted by Crippen LogP contribution is -2.05. The standard InChI is InChI=1S/C14H13NOS/c1-9(15)10-6-7-12-14(8-10)17-13-5-3-2-4-11(13)16-12/h2-9H,15H2,1H3. The van der Waals surface area contributed by atoms with Crippen molar-refractivity contribution in [1.82, 2.24) is 0 Å². The Morgan fingerprint density at radius 3 is 2.65 bits per heavy atom. The van der Waals surface area contributed by atoms with E-state index in [1.165, 1.54) is 0 Å². The van der Waals surface area contributed by atoms with Crippen LogP contribution in [0.15, 0.2) is 52.3 Å². The average Bonchev–Trinajstić information content (AvgIpc) is 2.35. The van der Waals surface area contributed by atoms with Crippen LogP contribution in [-0.4, -0.2) is 0 Å². The Morgan fingerprint density at radius 1 is 1.06 bits per heavy atom. The van der Waals surface area contributed by atoms with Gasteiger partial charge >= 0.3 is 0 Å². The smallest absolute Gasteiger partial charge is 0.141 e. The summed E-state index contributed by atoms with van der Waals surface area (Å²) >= 11 is 1.73. The van der Waals surface area contributed by atoms with Gasteiger partial charge in [0.15, 0.2) is 0 Å². The minimum Gasteiger partial charge on any atom is -0.455 e. The predicted molar refractivity (Wildman–Crippen MR) is 69.7 cm³/mol. The molecule has 0 bridgehead atoms. The minimum atomic E-state index is 0.0538. The van der Waals surface area contributed by atoms with Crippen LogP contribution in [-0.2, 0) is 0 Å². The molecule has 2 aromatic carbocycles. The third-order valence-corrected chi connectivity index (χ3v) is 3.88. The van der Waals surface area contributed by atoms with Gasteiger partial charge in [0.1, 0.15) is 11.5 Å². The van der Waals surface area contributed by atoms with Crippen molar-refractivity contribution in [2.75, 3.05) is 0 Å². The molecule has 0 saturated carbocycles. The molecule has 2 nitrogen and oxygen atoms in total. The van der Waals surface area contributed by atoms with Crippen molar-refractivity contribution in [1.29, 1.82) is 0 Å². The Hall–Kier alpha value is -1.45. The lowest BCUT2D eigenvalue weighted by molar-refractivity contribution is 0.454. The summed E-state index contributed by atoms with van der Waals surface area (Å²) in [6.45, 7) is 1.99. The first-order valence-electron chi connectivity index (χ1n) is 5.58. The van der Waals surface area contributed by atoms with Crippen LogP contribution in [0, 0.1) is 0 Å². The highest BCUT2D eigenvalue weighted by Crippen LogP contribution is 2.47. The van der Waals surface area contributed by atoms with E-state index < -0.39 is 0 Å². The van der Waals surface area contributed by atoms with Crippen molar-refractivity contribution < 1.29 is 4.74 Å². The number of nitrogens with two attached hydrogens (primary N) is 1. The molecular weight excluding hydrogens is 230 g/mol. The Bertz CT molecular complexity index is 566. The third-order valence-electron chi connectivity index (χ3n) is 2.78. The summed E-state index contributed by atoms with van der Waals surface area (Å²) in [5, 5.41) is 0. The number of hydrogen-bond donors (Lipinski definition) is 1. The van der Waals surface area contributed by atoms with Gasteiger partial charge in [-0.25, -0.2) is 0 Å². The van der Waals surface area contributed by atoms with E-state index in [2.05, 4.69) is 12.1 Å². The zero-order valence-electron chi connectivity index (χ0n) is 9.51. The second-order valence-corrected chi connectivity index (χ2v) is 5.23. The average molecular weight is 243 g/mol. The lowest BCUT2D eigenvalue weighted by Gasteiger charge is -2.20. The highest BCUT2D eigenvalue weighted by molar-refractivity contribution is 7.99. The fraction of sp³-hybridized carbons (Fsp3) is 0.143. The third kappa shape index (κ3) is 1.92. The van der Waals surface area contributed by atoms with Gasteiger partial charge in [-0.2, -0.15) is 0 Å².